The van der Waals surface area contributed by atoms with Crippen molar-refractivity contribution in [3.63, 3.8) is 0 Å². The average Bonchev–Trinajstić information content (AvgIpc) is 3.18. The van der Waals surface area contributed by atoms with Crippen LogP contribution in [0.1, 0.15) is 5.56 Å². The highest BCUT2D eigenvalue weighted by Gasteiger charge is 2.29. The highest BCUT2D eigenvalue weighted by molar-refractivity contribution is 7.93. The normalized spacial score (nSPS) is 11.7. The van der Waals surface area contributed by atoms with Gasteiger partial charge in [-0.3, -0.25) is 8.71 Å². The number of benzene rings is 2. The van der Waals surface area contributed by atoms with Crippen LogP contribution >= 0.6 is 11.6 Å². The molecule has 0 N–H and O–H groups in total. The Morgan fingerprint density at radius 3 is 2.59 bits per heavy atom. The molecule has 0 atom stereocenters. The van der Waals surface area contributed by atoms with Crippen LogP contribution in [0.25, 0.3) is 5.65 Å². The Hall–Kier alpha value is -3.04. The fraction of sp³-hybridized carbons (Fsp3) is 0.0526. The van der Waals surface area contributed by atoms with Crippen LogP contribution in [0, 0.1) is 11.6 Å². The Labute approximate surface area is 170 Å². The Balaban J connectivity index is 1.90. The third-order valence-electron chi connectivity index (χ3n) is 4.32. The predicted molar refractivity (Wildman–Crippen MR) is 104 cm³/mol. The molecule has 2 aromatic heterocycles. The van der Waals surface area contributed by atoms with Crippen molar-refractivity contribution >= 4 is 33.0 Å². The Morgan fingerprint density at radius 1 is 1.03 bits per heavy atom. The summed E-state index contributed by atoms with van der Waals surface area (Å²) in [5.41, 5.74) is 0.556. The first kappa shape index (κ1) is 19.3. The largest absolute Gasteiger partial charge is 0.288 e. The molecule has 0 unspecified atom stereocenters. The highest BCUT2D eigenvalue weighted by atomic mass is 35.5. The molecule has 0 saturated carbocycles. The summed E-state index contributed by atoms with van der Waals surface area (Å²) in [4.78, 5) is -0.130. The molecule has 0 saturated heterocycles. The fourth-order valence-corrected chi connectivity index (χ4v) is 4.64. The lowest BCUT2D eigenvalue weighted by atomic mass is 10.2. The molecular weight excluding hydrogens is 422 g/mol. The summed E-state index contributed by atoms with van der Waals surface area (Å²) in [7, 11) is -4.23. The Morgan fingerprint density at radius 2 is 1.83 bits per heavy atom. The van der Waals surface area contributed by atoms with Gasteiger partial charge in [-0.15, -0.1) is 10.2 Å². The molecule has 6 nitrogen and oxygen atoms in total. The number of fused-ring (bicyclic) bond motifs is 1. The molecule has 0 aliphatic rings. The second-order valence-corrected chi connectivity index (χ2v) is 8.37. The smallest absolute Gasteiger partial charge is 0.268 e. The quantitative estimate of drug-likeness (QED) is 0.475. The minimum Gasteiger partial charge on any atom is -0.288 e. The number of anilines is 1. The molecule has 0 bridgehead atoms. The summed E-state index contributed by atoms with van der Waals surface area (Å²) in [6.07, 6.45) is 2.97. The molecule has 10 heteroatoms. The van der Waals surface area contributed by atoms with E-state index < -0.39 is 21.7 Å². The first-order chi connectivity index (χ1) is 13.9. The van der Waals surface area contributed by atoms with Gasteiger partial charge < -0.3 is 0 Å². The van der Waals surface area contributed by atoms with E-state index in [2.05, 4.69) is 10.2 Å². The molecule has 0 fully saturated rings. The third-order valence-corrected chi connectivity index (χ3v) is 6.48. The van der Waals surface area contributed by atoms with E-state index in [0.29, 0.717) is 10.6 Å². The molecule has 4 rings (SSSR count). The van der Waals surface area contributed by atoms with Crippen molar-refractivity contribution in [3.05, 3.63) is 89.3 Å². The number of halogens is 3. The highest BCUT2D eigenvalue weighted by Crippen LogP contribution is 2.30. The van der Waals surface area contributed by atoms with Gasteiger partial charge in [0.25, 0.3) is 10.0 Å². The first-order valence-electron chi connectivity index (χ1n) is 8.37. The Bertz CT molecular complexity index is 1310. The molecule has 0 aliphatic heterocycles. The lowest BCUT2D eigenvalue weighted by Gasteiger charge is -2.25. The fourth-order valence-electron chi connectivity index (χ4n) is 2.88. The average molecular weight is 435 g/mol. The Kier molecular flexibility index (Phi) is 4.93. The lowest BCUT2D eigenvalue weighted by molar-refractivity contribution is 0.508. The van der Waals surface area contributed by atoms with E-state index in [1.165, 1.54) is 28.9 Å². The zero-order valence-electron chi connectivity index (χ0n) is 14.7. The third kappa shape index (κ3) is 3.54. The molecular formula is C19H13ClF2N4O2S. The molecule has 4 aromatic rings. The van der Waals surface area contributed by atoms with Gasteiger partial charge in [0.2, 0.25) is 0 Å². The zero-order chi connectivity index (χ0) is 20.6. The molecule has 2 heterocycles. The van der Waals surface area contributed by atoms with Crippen LogP contribution in [-0.4, -0.2) is 23.0 Å². The first-order valence-corrected chi connectivity index (χ1v) is 10.2. The minimum absolute atomic E-state index is 0.0506. The van der Waals surface area contributed by atoms with E-state index in [0.717, 1.165) is 16.4 Å². The van der Waals surface area contributed by atoms with E-state index >= 15 is 0 Å². The summed E-state index contributed by atoms with van der Waals surface area (Å²) >= 11 is 6.20. The van der Waals surface area contributed by atoms with Gasteiger partial charge in [-0.1, -0.05) is 29.8 Å². The van der Waals surface area contributed by atoms with Crippen LogP contribution in [0.2, 0.25) is 5.02 Å². The van der Waals surface area contributed by atoms with Crippen molar-refractivity contribution < 1.29 is 17.2 Å². The van der Waals surface area contributed by atoms with E-state index in [1.54, 1.807) is 30.5 Å². The number of aromatic nitrogens is 3. The zero-order valence-corrected chi connectivity index (χ0v) is 16.3. The second-order valence-electron chi connectivity index (χ2n) is 6.14. The molecule has 29 heavy (non-hydrogen) atoms. The van der Waals surface area contributed by atoms with Crippen LogP contribution in [0.3, 0.4) is 0 Å². The molecule has 0 amide bonds. The minimum atomic E-state index is -4.23. The van der Waals surface area contributed by atoms with E-state index in [1.807, 2.05) is 0 Å². The number of hydrogen-bond acceptors (Lipinski definition) is 4. The number of pyridine rings is 1. The van der Waals surface area contributed by atoms with Gasteiger partial charge in [-0.25, -0.2) is 17.2 Å². The van der Waals surface area contributed by atoms with Gasteiger partial charge in [0.1, 0.15) is 11.2 Å². The predicted octanol–water partition coefficient (Wildman–Crippen LogP) is 4.06. The molecule has 0 spiro atoms. The van der Waals surface area contributed by atoms with Gasteiger partial charge >= 0.3 is 0 Å². The number of nitrogens with zero attached hydrogens (tertiary/aromatic N) is 4. The summed E-state index contributed by atoms with van der Waals surface area (Å²) in [6.45, 7) is -0.192. The van der Waals surface area contributed by atoms with Crippen LogP contribution in [0.4, 0.5) is 14.5 Å². The van der Waals surface area contributed by atoms with Gasteiger partial charge in [-0.05, 0) is 35.9 Å². The molecule has 0 radical (unpaired) electrons. The van der Waals surface area contributed by atoms with Crippen molar-refractivity contribution in [1.82, 2.24) is 14.6 Å². The molecule has 0 aliphatic carbocycles. The number of hydrogen-bond donors (Lipinski definition) is 0. The van der Waals surface area contributed by atoms with Crippen molar-refractivity contribution in [1.29, 1.82) is 0 Å². The van der Waals surface area contributed by atoms with E-state index in [4.69, 9.17) is 11.6 Å². The molecule has 148 valence electrons. The van der Waals surface area contributed by atoms with E-state index in [9.17, 15) is 17.2 Å². The van der Waals surface area contributed by atoms with E-state index in [-0.39, 0.29) is 22.8 Å². The number of rotatable bonds is 5. The van der Waals surface area contributed by atoms with Crippen LogP contribution in [0.5, 0.6) is 0 Å². The molecule has 2 aromatic carbocycles. The van der Waals surface area contributed by atoms with Crippen molar-refractivity contribution in [2.24, 2.45) is 0 Å². The summed E-state index contributed by atoms with van der Waals surface area (Å²) in [5.74, 6) is -2.24. The van der Waals surface area contributed by atoms with Crippen LogP contribution in [-0.2, 0) is 16.6 Å². The number of sulfonamides is 1. The standard InChI is InChI=1S/C19H13ClF2N4O2S/c20-15-5-2-1-4-13(15)11-26(14-7-8-16(21)17(22)10-14)29(27,28)18-6-3-9-25-12-23-24-19(18)25/h1-10,12H,11H2. The van der Waals surface area contributed by atoms with Gasteiger partial charge in [0, 0.05) is 17.3 Å². The second kappa shape index (κ2) is 7.41. The summed E-state index contributed by atoms with van der Waals surface area (Å²) < 4.78 is 56.8. The van der Waals surface area contributed by atoms with Gasteiger partial charge in [0.05, 0.1) is 12.2 Å². The van der Waals surface area contributed by atoms with Crippen LogP contribution in [0.15, 0.2) is 72.0 Å². The van der Waals surface area contributed by atoms with Crippen molar-refractivity contribution in [2.45, 2.75) is 11.4 Å². The SMILES string of the molecule is O=S(=O)(c1cccn2cnnc12)N(Cc1ccccc1Cl)c1ccc(F)c(F)c1. The lowest BCUT2D eigenvalue weighted by Crippen LogP contribution is -2.31. The monoisotopic (exact) mass is 434 g/mol. The maximum absolute atomic E-state index is 13.9. The summed E-state index contributed by atoms with van der Waals surface area (Å²) in [5, 5.41) is 7.94. The topological polar surface area (TPSA) is 67.6 Å². The van der Waals surface area contributed by atoms with Gasteiger partial charge in [0.15, 0.2) is 17.3 Å². The maximum Gasteiger partial charge on any atom is 0.268 e. The van der Waals surface area contributed by atoms with Crippen molar-refractivity contribution in [2.75, 3.05) is 4.31 Å². The van der Waals surface area contributed by atoms with Crippen LogP contribution < -0.4 is 4.31 Å². The van der Waals surface area contributed by atoms with Gasteiger partial charge in [-0.2, -0.15) is 0 Å². The van der Waals surface area contributed by atoms with Crippen molar-refractivity contribution in [3.8, 4) is 0 Å². The maximum atomic E-state index is 13.9. The summed E-state index contributed by atoms with van der Waals surface area (Å²) in [6, 6.07) is 12.5.